The zero-order valence-electron chi connectivity index (χ0n) is 11.8. The molecule has 0 bridgehead atoms. The molecule has 0 atom stereocenters. The van der Waals surface area contributed by atoms with Gasteiger partial charge in [-0.1, -0.05) is 0 Å². The summed E-state index contributed by atoms with van der Waals surface area (Å²) >= 11 is 7.53. The number of pyridine rings is 1. The molecule has 3 aromatic heterocycles. The number of methoxy groups -OCH3 is 1. The van der Waals surface area contributed by atoms with Crippen molar-refractivity contribution in [3.63, 3.8) is 0 Å². The summed E-state index contributed by atoms with van der Waals surface area (Å²) in [6, 6.07) is 3.74. The van der Waals surface area contributed by atoms with Gasteiger partial charge in [0.25, 0.3) is 0 Å². The standard InChI is InChI=1S/C14H15ClN4OS/c1-9-8-21-13(16-9)7-19-11(5-6-15)17-10-3-4-12(20-2)18-14(10)19/h3-4,8H,5-7H2,1-2H3. The Hall–Kier alpha value is -1.66. The smallest absolute Gasteiger partial charge is 0.215 e. The normalized spacial score (nSPS) is 11.2. The fraction of sp³-hybridized carbons (Fsp3) is 0.357. The summed E-state index contributed by atoms with van der Waals surface area (Å²) in [5, 5.41) is 3.08. The van der Waals surface area contributed by atoms with Crippen LogP contribution in [0.1, 0.15) is 16.5 Å². The van der Waals surface area contributed by atoms with Gasteiger partial charge in [0, 0.05) is 29.4 Å². The van der Waals surface area contributed by atoms with E-state index in [0.29, 0.717) is 24.7 Å². The fourth-order valence-corrected chi connectivity index (χ4v) is 3.13. The van der Waals surface area contributed by atoms with Gasteiger partial charge in [-0.15, -0.1) is 22.9 Å². The van der Waals surface area contributed by atoms with Crippen LogP contribution in [-0.2, 0) is 13.0 Å². The summed E-state index contributed by atoms with van der Waals surface area (Å²) in [6.45, 7) is 2.65. The van der Waals surface area contributed by atoms with Crippen LogP contribution in [-0.4, -0.2) is 32.5 Å². The number of rotatable bonds is 5. The first kappa shape index (κ1) is 14.3. The van der Waals surface area contributed by atoms with Crippen molar-refractivity contribution in [2.45, 2.75) is 19.9 Å². The summed E-state index contributed by atoms with van der Waals surface area (Å²) in [5.41, 5.74) is 2.69. The molecule has 0 aliphatic rings. The Kier molecular flexibility index (Phi) is 4.07. The number of halogens is 1. The number of fused-ring (bicyclic) bond motifs is 1. The molecule has 110 valence electrons. The van der Waals surface area contributed by atoms with Gasteiger partial charge in [-0.3, -0.25) is 0 Å². The molecule has 3 rings (SSSR count). The van der Waals surface area contributed by atoms with E-state index in [4.69, 9.17) is 16.3 Å². The van der Waals surface area contributed by atoms with Gasteiger partial charge >= 0.3 is 0 Å². The molecular weight excluding hydrogens is 308 g/mol. The van der Waals surface area contributed by atoms with Gasteiger partial charge in [-0.2, -0.15) is 4.98 Å². The summed E-state index contributed by atoms with van der Waals surface area (Å²) < 4.78 is 7.28. The van der Waals surface area contributed by atoms with E-state index < -0.39 is 0 Å². The summed E-state index contributed by atoms with van der Waals surface area (Å²) in [7, 11) is 1.61. The minimum atomic E-state index is 0.525. The third-order valence-corrected chi connectivity index (χ3v) is 4.27. The molecule has 21 heavy (non-hydrogen) atoms. The second-order valence-electron chi connectivity index (χ2n) is 4.63. The van der Waals surface area contributed by atoms with Gasteiger partial charge < -0.3 is 9.30 Å². The highest BCUT2D eigenvalue weighted by Crippen LogP contribution is 2.21. The molecule has 7 heteroatoms. The van der Waals surface area contributed by atoms with E-state index in [2.05, 4.69) is 19.5 Å². The largest absolute Gasteiger partial charge is 0.481 e. The highest BCUT2D eigenvalue weighted by molar-refractivity contribution is 7.09. The van der Waals surface area contributed by atoms with E-state index in [9.17, 15) is 0 Å². The second-order valence-corrected chi connectivity index (χ2v) is 5.95. The summed E-state index contributed by atoms with van der Waals surface area (Å²) in [6.07, 6.45) is 0.699. The highest BCUT2D eigenvalue weighted by Gasteiger charge is 2.14. The molecule has 0 spiro atoms. The molecule has 3 aromatic rings. The second kappa shape index (κ2) is 5.99. The van der Waals surface area contributed by atoms with Crippen LogP contribution < -0.4 is 4.74 Å². The Morgan fingerprint density at radius 3 is 2.81 bits per heavy atom. The molecule has 0 N–H and O–H groups in total. The minimum absolute atomic E-state index is 0.525. The third kappa shape index (κ3) is 2.87. The van der Waals surface area contributed by atoms with E-state index in [-0.39, 0.29) is 0 Å². The maximum atomic E-state index is 5.89. The first-order chi connectivity index (χ1) is 10.2. The predicted octanol–water partition coefficient (Wildman–Crippen LogP) is 3.03. The number of hydrogen-bond donors (Lipinski definition) is 0. The molecule has 0 unspecified atom stereocenters. The lowest BCUT2D eigenvalue weighted by atomic mass is 10.4. The van der Waals surface area contributed by atoms with E-state index in [1.165, 1.54) is 0 Å². The van der Waals surface area contributed by atoms with Crippen LogP contribution in [0.25, 0.3) is 11.2 Å². The average molecular weight is 323 g/mol. The van der Waals surface area contributed by atoms with Gasteiger partial charge in [0.2, 0.25) is 5.88 Å². The molecule has 0 radical (unpaired) electrons. The Morgan fingerprint density at radius 2 is 2.14 bits per heavy atom. The SMILES string of the molecule is COc1ccc2nc(CCCl)n(Cc3nc(C)cs3)c2n1. The Bertz CT molecular complexity index is 768. The number of aromatic nitrogens is 4. The zero-order chi connectivity index (χ0) is 14.8. The van der Waals surface area contributed by atoms with Crippen LogP contribution in [0.2, 0.25) is 0 Å². The quantitative estimate of drug-likeness (QED) is 0.677. The molecule has 0 aliphatic carbocycles. The topological polar surface area (TPSA) is 52.8 Å². The average Bonchev–Trinajstić information content (AvgIpc) is 3.04. The van der Waals surface area contributed by atoms with E-state index in [0.717, 1.165) is 27.7 Å². The lowest BCUT2D eigenvalue weighted by Gasteiger charge is -2.06. The number of aryl methyl sites for hydroxylation is 2. The fourth-order valence-electron chi connectivity index (χ4n) is 2.20. The number of imidazole rings is 1. The summed E-state index contributed by atoms with van der Waals surface area (Å²) in [4.78, 5) is 13.6. The van der Waals surface area contributed by atoms with Gasteiger partial charge in [0.1, 0.15) is 16.3 Å². The zero-order valence-corrected chi connectivity index (χ0v) is 13.4. The first-order valence-electron chi connectivity index (χ1n) is 6.58. The van der Waals surface area contributed by atoms with Crippen LogP contribution in [0.4, 0.5) is 0 Å². The Morgan fingerprint density at radius 1 is 1.29 bits per heavy atom. The van der Waals surface area contributed by atoms with Gasteiger partial charge in [0.15, 0.2) is 5.65 Å². The van der Waals surface area contributed by atoms with Crippen LogP contribution in [0.5, 0.6) is 5.88 Å². The molecule has 0 saturated heterocycles. The summed E-state index contributed by atoms with van der Waals surface area (Å²) in [5.74, 6) is 2.03. The first-order valence-corrected chi connectivity index (χ1v) is 8.00. The molecular formula is C14H15ClN4OS. The molecule has 0 amide bonds. The Labute approximate surface area is 131 Å². The maximum Gasteiger partial charge on any atom is 0.215 e. The molecule has 0 saturated carbocycles. The van der Waals surface area contributed by atoms with E-state index >= 15 is 0 Å². The predicted molar refractivity (Wildman–Crippen MR) is 84.5 cm³/mol. The van der Waals surface area contributed by atoms with Crippen LogP contribution in [0.3, 0.4) is 0 Å². The number of thiazole rings is 1. The number of nitrogens with zero attached hydrogens (tertiary/aromatic N) is 4. The van der Waals surface area contributed by atoms with Crippen molar-refractivity contribution in [3.05, 3.63) is 34.0 Å². The van der Waals surface area contributed by atoms with Gasteiger partial charge in [0.05, 0.1) is 13.7 Å². The highest BCUT2D eigenvalue weighted by atomic mass is 35.5. The third-order valence-electron chi connectivity index (χ3n) is 3.13. The van der Waals surface area contributed by atoms with Crippen molar-refractivity contribution in [2.24, 2.45) is 0 Å². The van der Waals surface area contributed by atoms with Gasteiger partial charge in [-0.25, -0.2) is 9.97 Å². The lowest BCUT2D eigenvalue weighted by Crippen LogP contribution is -2.07. The maximum absolute atomic E-state index is 5.89. The molecule has 0 aromatic carbocycles. The molecule has 0 aliphatic heterocycles. The van der Waals surface area contributed by atoms with Crippen molar-refractivity contribution in [1.29, 1.82) is 0 Å². The van der Waals surface area contributed by atoms with Crippen molar-refractivity contribution in [1.82, 2.24) is 19.5 Å². The minimum Gasteiger partial charge on any atom is -0.481 e. The van der Waals surface area contributed by atoms with Crippen molar-refractivity contribution >= 4 is 34.1 Å². The molecule has 3 heterocycles. The van der Waals surface area contributed by atoms with Crippen LogP contribution in [0, 0.1) is 6.92 Å². The number of hydrogen-bond acceptors (Lipinski definition) is 5. The van der Waals surface area contributed by atoms with Crippen molar-refractivity contribution in [3.8, 4) is 5.88 Å². The lowest BCUT2D eigenvalue weighted by molar-refractivity contribution is 0.399. The Balaban J connectivity index is 2.09. The van der Waals surface area contributed by atoms with Gasteiger partial charge in [-0.05, 0) is 13.0 Å². The van der Waals surface area contributed by atoms with Crippen molar-refractivity contribution < 1.29 is 4.74 Å². The monoisotopic (exact) mass is 322 g/mol. The van der Waals surface area contributed by atoms with Crippen LogP contribution in [0.15, 0.2) is 17.5 Å². The molecule has 5 nitrogen and oxygen atoms in total. The van der Waals surface area contributed by atoms with Crippen LogP contribution >= 0.6 is 22.9 Å². The number of alkyl halides is 1. The van der Waals surface area contributed by atoms with Crippen molar-refractivity contribution in [2.75, 3.05) is 13.0 Å². The van der Waals surface area contributed by atoms with E-state index in [1.54, 1.807) is 18.4 Å². The number of ether oxygens (including phenoxy) is 1. The van der Waals surface area contributed by atoms with E-state index in [1.807, 2.05) is 24.4 Å². The molecule has 0 fully saturated rings.